The Labute approximate surface area is 72.1 Å². The summed E-state index contributed by atoms with van der Waals surface area (Å²) >= 11 is 0. The molecule has 1 atom stereocenters. The highest BCUT2D eigenvalue weighted by Crippen LogP contribution is 2.07. The molecule has 0 heterocycles. The largest absolute Gasteiger partial charge is 0.481 e. The Balaban J connectivity index is 4.35. The van der Waals surface area contributed by atoms with Gasteiger partial charge in [-0.25, -0.2) is 0 Å². The summed E-state index contributed by atoms with van der Waals surface area (Å²) in [4.78, 5) is 30.4. The minimum absolute atomic E-state index is 0.750. The fourth-order valence-electron chi connectivity index (χ4n) is 0.654. The summed E-state index contributed by atoms with van der Waals surface area (Å²) in [6.07, 6.45) is -0.750. The minimum atomic E-state index is -1.92. The predicted octanol–water partition coefficient (Wildman–Crippen LogP) is -1.01. The highest BCUT2D eigenvalue weighted by atomic mass is 19.1. The van der Waals surface area contributed by atoms with Crippen molar-refractivity contribution >= 4 is 18.0 Å². The lowest BCUT2D eigenvalue weighted by Gasteiger charge is -2.09. The number of aliphatic carboxylic acids is 2. The van der Waals surface area contributed by atoms with E-state index in [-0.39, 0.29) is 0 Å². The van der Waals surface area contributed by atoms with Gasteiger partial charge in [0.05, 0.1) is 6.04 Å². The smallest absolute Gasteiger partial charge is 0.318 e. The zero-order valence-corrected chi connectivity index (χ0v) is 6.44. The molecule has 0 bridgehead atoms. The van der Waals surface area contributed by atoms with Crippen molar-refractivity contribution in [3.05, 3.63) is 0 Å². The summed E-state index contributed by atoms with van der Waals surface area (Å²) in [5.41, 5.74) is 4.84. The lowest BCUT2D eigenvalue weighted by Crippen LogP contribution is -2.35. The standard InChI is InChI=1S/C6H8FNO5/c7-4(9)3(8)1-2(5(10)11)6(12)13/h2-3H,1,8H2,(H,10,11)(H,12,13)/t3-/m0/s1. The first kappa shape index (κ1) is 11.5. The maximum atomic E-state index is 11.8. The molecule has 0 aromatic heterocycles. The van der Waals surface area contributed by atoms with Crippen LogP contribution in [0.4, 0.5) is 4.39 Å². The molecule has 0 aliphatic heterocycles. The van der Waals surface area contributed by atoms with Gasteiger partial charge >= 0.3 is 18.0 Å². The van der Waals surface area contributed by atoms with E-state index in [1.807, 2.05) is 0 Å². The molecule has 0 unspecified atom stereocenters. The van der Waals surface area contributed by atoms with E-state index >= 15 is 0 Å². The van der Waals surface area contributed by atoms with E-state index in [9.17, 15) is 18.8 Å². The number of carboxylic acid groups (broad SMARTS) is 2. The molecule has 7 heteroatoms. The van der Waals surface area contributed by atoms with Crippen molar-refractivity contribution in [2.45, 2.75) is 12.5 Å². The Morgan fingerprint density at radius 3 is 1.85 bits per heavy atom. The summed E-state index contributed by atoms with van der Waals surface area (Å²) in [5, 5.41) is 16.6. The highest BCUT2D eigenvalue weighted by Gasteiger charge is 2.30. The molecule has 13 heavy (non-hydrogen) atoms. The van der Waals surface area contributed by atoms with E-state index in [2.05, 4.69) is 0 Å². The van der Waals surface area contributed by atoms with Crippen molar-refractivity contribution in [2.75, 3.05) is 0 Å². The number of nitrogens with two attached hydrogens (primary N) is 1. The molecule has 74 valence electrons. The second-order valence-corrected chi connectivity index (χ2v) is 2.38. The van der Waals surface area contributed by atoms with Crippen LogP contribution in [-0.4, -0.2) is 34.2 Å². The van der Waals surface area contributed by atoms with E-state index < -0.39 is 36.4 Å². The Kier molecular flexibility index (Phi) is 3.99. The lowest BCUT2D eigenvalue weighted by molar-refractivity contribution is -0.155. The van der Waals surface area contributed by atoms with Crippen LogP contribution < -0.4 is 5.73 Å². The molecule has 6 nitrogen and oxygen atoms in total. The van der Waals surface area contributed by atoms with Crippen LogP contribution in [0.1, 0.15) is 6.42 Å². The maximum absolute atomic E-state index is 11.8. The van der Waals surface area contributed by atoms with E-state index in [1.54, 1.807) is 0 Å². The van der Waals surface area contributed by atoms with Crippen LogP contribution in [0, 0.1) is 5.92 Å². The van der Waals surface area contributed by atoms with Gasteiger partial charge in [-0.1, -0.05) is 0 Å². The second-order valence-electron chi connectivity index (χ2n) is 2.38. The zero-order chi connectivity index (χ0) is 10.6. The van der Waals surface area contributed by atoms with Crippen LogP contribution in [0.15, 0.2) is 0 Å². The number of hydrogen-bond donors (Lipinski definition) is 3. The number of halogens is 1. The molecule has 0 aromatic rings. The lowest BCUT2D eigenvalue weighted by atomic mass is 10.0. The molecule has 0 rings (SSSR count). The summed E-state index contributed by atoms with van der Waals surface area (Å²) in [6, 6.07) is -3.62. The van der Waals surface area contributed by atoms with Crippen molar-refractivity contribution in [1.29, 1.82) is 0 Å². The van der Waals surface area contributed by atoms with E-state index in [0.717, 1.165) is 0 Å². The Bertz CT molecular complexity index is 227. The first-order valence-electron chi connectivity index (χ1n) is 3.26. The van der Waals surface area contributed by atoms with E-state index in [1.165, 1.54) is 0 Å². The number of hydrogen-bond acceptors (Lipinski definition) is 4. The zero-order valence-electron chi connectivity index (χ0n) is 6.44. The van der Waals surface area contributed by atoms with E-state index in [4.69, 9.17) is 15.9 Å². The molecular weight excluding hydrogens is 185 g/mol. The van der Waals surface area contributed by atoms with Gasteiger partial charge in [-0.05, 0) is 6.42 Å². The van der Waals surface area contributed by atoms with Gasteiger partial charge in [-0.15, -0.1) is 0 Å². The second kappa shape index (κ2) is 4.51. The predicted molar refractivity (Wildman–Crippen MR) is 37.5 cm³/mol. The van der Waals surface area contributed by atoms with Gasteiger partial charge in [0.1, 0.15) is 0 Å². The summed E-state index contributed by atoms with van der Waals surface area (Å²) < 4.78 is 11.8. The Morgan fingerprint density at radius 2 is 1.62 bits per heavy atom. The molecule has 0 aliphatic rings. The van der Waals surface area contributed by atoms with Gasteiger partial charge in [0, 0.05) is 0 Å². The molecule has 0 saturated carbocycles. The molecule has 0 amide bonds. The van der Waals surface area contributed by atoms with Crippen LogP contribution in [-0.2, 0) is 14.4 Å². The van der Waals surface area contributed by atoms with Crippen molar-refractivity contribution in [2.24, 2.45) is 11.7 Å². The number of carbonyl (C=O) groups excluding carboxylic acids is 1. The molecule has 0 saturated heterocycles. The molecule has 0 spiro atoms. The van der Waals surface area contributed by atoms with Crippen LogP contribution in [0.25, 0.3) is 0 Å². The number of carboxylic acids is 2. The molecule has 0 radical (unpaired) electrons. The summed E-state index contributed by atoms with van der Waals surface area (Å²) in [7, 11) is 0. The van der Waals surface area contributed by atoms with Crippen LogP contribution in [0.3, 0.4) is 0 Å². The van der Waals surface area contributed by atoms with E-state index in [0.29, 0.717) is 0 Å². The third-order valence-electron chi connectivity index (χ3n) is 1.38. The molecular formula is C6H8FNO5. The molecule has 0 fully saturated rings. The summed E-state index contributed by atoms with van der Waals surface area (Å²) in [6.45, 7) is 0. The van der Waals surface area contributed by atoms with Crippen LogP contribution in [0.5, 0.6) is 0 Å². The monoisotopic (exact) mass is 193 g/mol. The number of carbonyl (C=O) groups is 3. The van der Waals surface area contributed by atoms with Gasteiger partial charge < -0.3 is 15.9 Å². The van der Waals surface area contributed by atoms with Crippen molar-refractivity contribution < 1.29 is 29.0 Å². The average Bonchev–Trinajstić information content (AvgIpc) is 1.97. The maximum Gasteiger partial charge on any atom is 0.318 e. The first-order valence-corrected chi connectivity index (χ1v) is 3.26. The molecule has 0 aromatic carbocycles. The Morgan fingerprint density at radius 1 is 1.23 bits per heavy atom. The summed E-state index contributed by atoms with van der Waals surface area (Å²) in [5.74, 6) is -5.15. The van der Waals surface area contributed by atoms with Gasteiger partial charge in [0.15, 0.2) is 5.92 Å². The van der Waals surface area contributed by atoms with Gasteiger partial charge in [0.25, 0.3) is 0 Å². The van der Waals surface area contributed by atoms with Crippen molar-refractivity contribution in [3.63, 3.8) is 0 Å². The topological polar surface area (TPSA) is 118 Å². The Hall–Kier alpha value is -1.50. The number of rotatable bonds is 5. The van der Waals surface area contributed by atoms with Crippen molar-refractivity contribution in [1.82, 2.24) is 0 Å². The third kappa shape index (κ3) is 3.61. The van der Waals surface area contributed by atoms with Gasteiger partial charge in [0.2, 0.25) is 0 Å². The first-order chi connectivity index (χ1) is 5.86. The van der Waals surface area contributed by atoms with Crippen LogP contribution >= 0.6 is 0 Å². The quantitative estimate of drug-likeness (QED) is 0.380. The fourth-order valence-corrected chi connectivity index (χ4v) is 0.654. The molecule has 0 aliphatic carbocycles. The van der Waals surface area contributed by atoms with Crippen LogP contribution in [0.2, 0.25) is 0 Å². The fraction of sp³-hybridized carbons (Fsp3) is 0.500. The highest BCUT2D eigenvalue weighted by molar-refractivity contribution is 5.93. The third-order valence-corrected chi connectivity index (χ3v) is 1.38. The molecule has 4 N–H and O–H groups in total. The average molecular weight is 193 g/mol. The normalized spacial score (nSPS) is 12.5. The van der Waals surface area contributed by atoms with Gasteiger partial charge in [-0.2, -0.15) is 4.39 Å². The minimum Gasteiger partial charge on any atom is -0.481 e. The van der Waals surface area contributed by atoms with Crippen molar-refractivity contribution in [3.8, 4) is 0 Å². The SMILES string of the molecule is N[C@@H](CC(C(=O)O)C(=O)O)C(=O)F. The van der Waals surface area contributed by atoms with Gasteiger partial charge in [-0.3, -0.25) is 14.4 Å².